The van der Waals surface area contributed by atoms with E-state index in [1.54, 1.807) is 6.20 Å². The minimum Gasteiger partial charge on any atom is -0.381 e. The van der Waals surface area contributed by atoms with Gasteiger partial charge in [0, 0.05) is 12.6 Å². The fourth-order valence-electron chi connectivity index (χ4n) is 2.37. The van der Waals surface area contributed by atoms with Gasteiger partial charge in [-0.25, -0.2) is 4.98 Å². The molecule has 3 nitrogen and oxygen atoms in total. The highest BCUT2D eigenvalue weighted by Gasteiger charge is 2.31. The molecule has 2 heterocycles. The number of aromatic nitrogens is 1. The second-order valence-electron chi connectivity index (χ2n) is 5.32. The van der Waals surface area contributed by atoms with Gasteiger partial charge in [0.2, 0.25) is 0 Å². The van der Waals surface area contributed by atoms with Crippen LogP contribution in [-0.4, -0.2) is 23.2 Å². The molecule has 4 heteroatoms. The molecule has 1 fully saturated rings. The summed E-state index contributed by atoms with van der Waals surface area (Å²) in [7, 11) is 0. The lowest BCUT2D eigenvalue weighted by Gasteiger charge is -2.38. The molecule has 2 atom stereocenters. The molecule has 2 unspecified atom stereocenters. The monoisotopic (exact) mass is 268 g/mol. The number of hydrogen-bond acceptors (Lipinski definition) is 3. The Morgan fingerprint density at radius 3 is 3.06 bits per heavy atom. The van der Waals surface area contributed by atoms with Gasteiger partial charge < -0.3 is 10.1 Å². The van der Waals surface area contributed by atoms with Crippen molar-refractivity contribution < 1.29 is 4.74 Å². The molecule has 1 aromatic heterocycles. The molecule has 18 heavy (non-hydrogen) atoms. The standard InChI is InChI=1S/C14H21ClN2O/c1-4-14(3)8-11(5-6-18-14)17-12-7-10(2)13(15)16-9-12/h7,9,11,17H,4-6,8H2,1-3H3. The highest BCUT2D eigenvalue weighted by molar-refractivity contribution is 6.30. The highest BCUT2D eigenvalue weighted by Crippen LogP contribution is 2.29. The van der Waals surface area contributed by atoms with Gasteiger partial charge in [-0.2, -0.15) is 0 Å². The fraction of sp³-hybridized carbons (Fsp3) is 0.643. The first-order valence-electron chi connectivity index (χ1n) is 6.55. The van der Waals surface area contributed by atoms with Crippen LogP contribution in [0.4, 0.5) is 5.69 Å². The molecule has 1 aliphatic heterocycles. The highest BCUT2D eigenvalue weighted by atomic mass is 35.5. The zero-order valence-electron chi connectivity index (χ0n) is 11.3. The summed E-state index contributed by atoms with van der Waals surface area (Å²) in [5.74, 6) is 0. The lowest BCUT2D eigenvalue weighted by atomic mass is 9.90. The average molecular weight is 269 g/mol. The summed E-state index contributed by atoms with van der Waals surface area (Å²) >= 11 is 5.93. The van der Waals surface area contributed by atoms with E-state index in [2.05, 4.69) is 24.1 Å². The van der Waals surface area contributed by atoms with Crippen LogP contribution >= 0.6 is 11.6 Å². The number of halogens is 1. The van der Waals surface area contributed by atoms with Crippen LogP contribution in [0.15, 0.2) is 12.3 Å². The molecule has 1 N–H and O–H groups in total. The number of ether oxygens (including phenoxy) is 1. The van der Waals surface area contributed by atoms with Gasteiger partial charge in [-0.15, -0.1) is 0 Å². The number of hydrogen-bond donors (Lipinski definition) is 1. The Labute approximate surface area is 114 Å². The summed E-state index contributed by atoms with van der Waals surface area (Å²) in [5.41, 5.74) is 2.05. The van der Waals surface area contributed by atoms with Crippen molar-refractivity contribution in [2.45, 2.75) is 51.7 Å². The Morgan fingerprint density at radius 2 is 2.39 bits per heavy atom. The first-order valence-corrected chi connectivity index (χ1v) is 6.93. The summed E-state index contributed by atoms with van der Waals surface area (Å²) < 4.78 is 5.85. The number of aryl methyl sites for hydroxylation is 1. The number of nitrogens with one attached hydrogen (secondary N) is 1. The van der Waals surface area contributed by atoms with Crippen LogP contribution < -0.4 is 5.32 Å². The smallest absolute Gasteiger partial charge is 0.132 e. The predicted octanol–water partition coefficient (Wildman–Crippen LogP) is 3.80. The van der Waals surface area contributed by atoms with E-state index in [-0.39, 0.29) is 5.60 Å². The van der Waals surface area contributed by atoms with E-state index in [1.807, 2.05) is 13.0 Å². The molecule has 0 spiro atoms. The second-order valence-corrected chi connectivity index (χ2v) is 5.68. The predicted molar refractivity (Wildman–Crippen MR) is 75.3 cm³/mol. The van der Waals surface area contributed by atoms with E-state index in [9.17, 15) is 0 Å². The van der Waals surface area contributed by atoms with Crippen molar-refractivity contribution in [1.82, 2.24) is 4.98 Å². The van der Waals surface area contributed by atoms with E-state index >= 15 is 0 Å². The van der Waals surface area contributed by atoms with Crippen molar-refractivity contribution in [2.24, 2.45) is 0 Å². The molecular weight excluding hydrogens is 248 g/mol. The summed E-state index contributed by atoms with van der Waals surface area (Å²) in [6.07, 6.45) is 4.92. The van der Waals surface area contributed by atoms with Crippen molar-refractivity contribution in [3.8, 4) is 0 Å². The van der Waals surface area contributed by atoms with Crippen LogP contribution in [-0.2, 0) is 4.74 Å². The van der Waals surface area contributed by atoms with Gasteiger partial charge in [-0.1, -0.05) is 18.5 Å². The molecule has 0 aliphatic carbocycles. The Hall–Kier alpha value is -0.800. The third kappa shape index (κ3) is 3.15. The fourth-order valence-corrected chi connectivity index (χ4v) is 2.48. The maximum Gasteiger partial charge on any atom is 0.132 e. The van der Waals surface area contributed by atoms with Crippen molar-refractivity contribution in [1.29, 1.82) is 0 Å². The van der Waals surface area contributed by atoms with Crippen molar-refractivity contribution in [3.05, 3.63) is 23.0 Å². The summed E-state index contributed by atoms with van der Waals surface area (Å²) in [5, 5.41) is 4.11. The van der Waals surface area contributed by atoms with Crippen LogP contribution in [0.3, 0.4) is 0 Å². The molecule has 0 radical (unpaired) electrons. The SMILES string of the molecule is CCC1(C)CC(Nc2cnc(Cl)c(C)c2)CCO1. The van der Waals surface area contributed by atoms with Gasteiger partial charge >= 0.3 is 0 Å². The summed E-state index contributed by atoms with van der Waals surface area (Å²) in [6.45, 7) is 7.16. The number of rotatable bonds is 3. The van der Waals surface area contributed by atoms with E-state index in [4.69, 9.17) is 16.3 Å². The van der Waals surface area contributed by atoms with Crippen LogP contribution in [0, 0.1) is 6.92 Å². The lowest BCUT2D eigenvalue weighted by molar-refractivity contribution is -0.0708. The first-order chi connectivity index (χ1) is 8.52. The largest absolute Gasteiger partial charge is 0.381 e. The molecule has 2 rings (SSSR count). The Bertz CT molecular complexity index is 424. The van der Waals surface area contributed by atoms with Gasteiger partial charge in [-0.3, -0.25) is 0 Å². The van der Waals surface area contributed by atoms with Gasteiger partial charge in [0.25, 0.3) is 0 Å². The van der Waals surface area contributed by atoms with E-state index < -0.39 is 0 Å². The van der Waals surface area contributed by atoms with Crippen molar-refractivity contribution >= 4 is 17.3 Å². The Kier molecular flexibility index (Phi) is 4.13. The van der Waals surface area contributed by atoms with Crippen LogP contribution in [0.1, 0.15) is 38.7 Å². The zero-order chi connectivity index (χ0) is 13.2. The van der Waals surface area contributed by atoms with Gasteiger partial charge in [0.05, 0.1) is 17.5 Å². The van der Waals surface area contributed by atoms with Crippen molar-refractivity contribution in [3.63, 3.8) is 0 Å². The Morgan fingerprint density at radius 1 is 1.61 bits per heavy atom. The molecule has 1 aliphatic rings. The average Bonchev–Trinajstić information content (AvgIpc) is 2.34. The lowest BCUT2D eigenvalue weighted by Crippen LogP contribution is -2.41. The number of nitrogens with zero attached hydrogens (tertiary/aromatic N) is 1. The quantitative estimate of drug-likeness (QED) is 0.847. The molecule has 1 saturated heterocycles. The van der Waals surface area contributed by atoms with E-state index in [1.165, 1.54) is 0 Å². The van der Waals surface area contributed by atoms with Crippen LogP contribution in [0.5, 0.6) is 0 Å². The minimum atomic E-state index is 0.00478. The first kappa shape index (κ1) is 13.6. The molecule has 0 bridgehead atoms. The van der Waals surface area contributed by atoms with Crippen LogP contribution in [0.2, 0.25) is 5.15 Å². The molecule has 0 saturated carbocycles. The zero-order valence-corrected chi connectivity index (χ0v) is 12.0. The third-order valence-corrected chi connectivity index (χ3v) is 4.12. The van der Waals surface area contributed by atoms with E-state index in [0.29, 0.717) is 11.2 Å². The molecule has 0 aromatic carbocycles. The Balaban J connectivity index is 2.02. The normalized spacial score (nSPS) is 28.1. The van der Waals surface area contributed by atoms with Crippen molar-refractivity contribution in [2.75, 3.05) is 11.9 Å². The van der Waals surface area contributed by atoms with Gasteiger partial charge in [0.1, 0.15) is 5.15 Å². The second kappa shape index (κ2) is 5.45. The number of pyridine rings is 1. The topological polar surface area (TPSA) is 34.2 Å². The maximum atomic E-state index is 5.93. The molecule has 1 aromatic rings. The summed E-state index contributed by atoms with van der Waals surface area (Å²) in [6, 6.07) is 2.50. The minimum absolute atomic E-state index is 0.00478. The maximum absolute atomic E-state index is 5.93. The van der Waals surface area contributed by atoms with Gasteiger partial charge in [-0.05, 0) is 44.7 Å². The molecule has 100 valence electrons. The van der Waals surface area contributed by atoms with E-state index in [0.717, 1.165) is 37.1 Å². The third-order valence-electron chi connectivity index (χ3n) is 3.73. The summed E-state index contributed by atoms with van der Waals surface area (Å²) in [4.78, 5) is 4.17. The molecular formula is C14H21ClN2O. The molecule has 0 amide bonds. The number of anilines is 1. The van der Waals surface area contributed by atoms with Crippen LogP contribution in [0.25, 0.3) is 0 Å². The van der Waals surface area contributed by atoms with Gasteiger partial charge in [0.15, 0.2) is 0 Å².